The predicted molar refractivity (Wildman–Crippen MR) is 58.5 cm³/mol. The van der Waals surface area contributed by atoms with Gasteiger partial charge in [0.2, 0.25) is 5.82 Å². The monoisotopic (exact) mass is 221 g/mol. The van der Waals surface area contributed by atoms with Gasteiger partial charge in [-0.15, -0.1) is 0 Å². The van der Waals surface area contributed by atoms with Gasteiger partial charge >= 0.3 is 6.01 Å². The van der Waals surface area contributed by atoms with Crippen molar-refractivity contribution in [2.75, 3.05) is 5.32 Å². The molecule has 2 rings (SSSR count). The van der Waals surface area contributed by atoms with E-state index in [2.05, 4.69) is 15.5 Å². The van der Waals surface area contributed by atoms with E-state index in [4.69, 9.17) is 4.52 Å². The Morgan fingerprint density at radius 1 is 1.25 bits per heavy atom. The molecule has 0 aliphatic heterocycles. The fourth-order valence-corrected chi connectivity index (χ4v) is 1.25. The lowest BCUT2D eigenvalue weighted by atomic mass is 10.2. The molecule has 1 N–H and O–H groups in total. The highest BCUT2D eigenvalue weighted by Crippen LogP contribution is 2.18. The molecular formula is C11H12FN3O. The molecule has 0 atom stereocenters. The van der Waals surface area contributed by atoms with Crippen LogP contribution in [0, 0.1) is 5.82 Å². The van der Waals surface area contributed by atoms with Crippen LogP contribution < -0.4 is 5.32 Å². The third-order valence-corrected chi connectivity index (χ3v) is 1.94. The number of rotatable bonds is 3. The van der Waals surface area contributed by atoms with Crippen molar-refractivity contribution in [3.05, 3.63) is 30.1 Å². The van der Waals surface area contributed by atoms with Crippen LogP contribution >= 0.6 is 0 Å². The number of hydrogen-bond acceptors (Lipinski definition) is 4. The Morgan fingerprint density at radius 3 is 2.56 bits per heavy atom. The van der Waals surface area contributed by atoms with Gasteiger partial charge < -0.3 is 9.84 Å². The van der Waals surface area contributed by atoms with E-state index in [1.807, 2.05) is 13.8 Å². The number of anilines is 1. The van der Waals surface area contributed by atoms with Crippen molar-refractivity contribution in [2.45, 2.75) is 19.9 Å². The normalized spacial score (nSPS) is 10.8. The molecule has 1 heterocycles. The first-order chi connectivity index (χ1) is 7.65. The van der Waals surface area contributed by atoms with E-state index >= 15 is 0 Å². The Hall–Kier alpha value is -1.91. The Kier molecular flexibility index (Phi) is 2.85. The number of nitrogens with one attached hydrogen (secondary N) is 1. The summed E-state index contributed by atoms with van der Waals surface area (Å²) in [4.78, 5) is 4.14. The Labute approximate surface area is 92.5 Å². The Balaban J connectivity index is 2.21. The zero-order chi connectivity index (χ0) is 11.5. The van der Waals surface area contributed by atoms with E-state index < -0.39 is 0 Å². The topological polar surface area (TPSA) is 51.0 Å². The van der Waals surface area contributed by atoms with Gasteiger partial charge in [0.05, 0.1) is 0 Å². The zero-order valence-corrected chi connectivity index (χ0v) is 9.07. The number of benzene rings is 1. The minimum atomic E-state index is -0.284. The minimum absolute atomic E-state index is 0.224. The van der Waals surface area contributed by atoms with Crippen LogP contribution in [0.2, 0.25) is 0 Å². The largest absolute Gasteiger partial charge is 0.336 e. The average Bonchev–Trinajstić information content (AvgIpc) is 2.66. The third-order valence-electron chi connectivity index (χ3n) is 1.94. The lowest BCUT2D eigenvalue weighted by Gasteiger charge is -2.01. The molecule has 4 nitrogen and oxygen atoms in total. The summed E-state index contributed by atoms with van der Waals surface area (Å²) in [7, 11) is 0. The van der Waals surface area contributed by atoms with Crippen LogP contribution in [0.5, 0.6) is 0 Å². The molecule has 0 fully saturated rings. The number of aromatic nitrogens is 2. The molecule has 16 heavy (non-hydrogen) atoms. The molecule has 0 aliphatic carbocycles. The van der Waals surface area contributed by atoms with Crippen LogP contribution in [0.25, 0.3) is 11.4 Å². The summed E-state index contributed by atoms with van der Waals surface area (Å²) in [5, 5.41) is 6.79. The third kappa shape index (κ3) is 2.36. The molecular weight excluding hydrogens is 209 g/mol. The van der Waals surface area contributed by atoms with Gasteiger partial charge in [-0.2, -0.15) is 4.98 Å². The van der Waals surface area contributed by atoms with Gasteiger partial charge in [0, 0.05) is 11.6 Å². The van der Waals surface area contributed by atoms with Gasteiger partial charge in [-0.3, -0.25) is 0 Å². The fraction of sp³-hybridized carbons (Fsp3) is 0.273. The van der Waals surface area contributed by atoms with Crippen molar-refractivity contribution in [3.8, 4) is 11.4 Å². The van der Waals surface area contributed by atoms with Crippen molar-refractivity contribution >= 4 is 6.01 Å². The standard InChI is InChI=1S/C11H12FN3O/c1-7(2)13-11-14-10(15-16-11)8-3-5-9(12)6-4-8/h3-7H,1-2H3,(H,13,14,15). The van der Waals surface area contributed by atoms with E-state index in [9.17, 15) is 4.39 Å². The van der Waals surface area contributed by atoms with Crippen LogP contribution in [-0.2, 0) is 0 Å². The Bertz CT molecular complexity index is 464. The summed E-state index contributed by atoms with van der Waals surface area (Å²) < 4.78 is 17.7. The molecule has 0 amide bonds. The van der Waals surface area contributed by atoms with Crippen LogP contribution in [0.3, 0.4) is 0 Å². The van der Waals surface area contributed by atoms with Crippen molar-refractivity contribution in [1.82, 2.24) is 10.1 Å². The van der Waals surface area contributed by atoms with Crippen LogP contribution in [0.4, 0.5) is 10.4 Å². The summed E-state index contributed by atoms with van der Waals surface area (Å²) in [6.07, 6.45) is 0. The second-order valence-corrected chi connectivity index (χ2v) is 3.73. The first kappa shape index (κ1) is 10.6. The lowest BCUT2D eigenvalue weighted by Crippen LogP contribution is -2.09. The molecule has 0 radical (unpaired) electrons. The maximum absolute atomic E-state index is 12.7. The first-order valence-corrected chi connectivity index (χ1v) is 5.01. The highest BCUT2D eigenvalue weighted by atomic mass is 19.1. The summed E-state index contributed by atoms with van der Waals surface area (Å²) >= 11 is 0. The summed E-state index contributed by atoms with van der Waals surface area (Å²) in [5.74, 6) is 0.163. The average molecular weight is 221 g/mol. The van der Waals surface area contributed by atoms with Crippen LogP contribution in [-0.4, -0.2) is 16.2 Å². The van der Waals surface area contributed by atoms with Gasteiger partial charge in [0.15, 0.2) is 0 Å². The zero-order valence-electron chi connectivity index (χ0n) is 9.07. The molecule has 2 aromatic rings. The molecule has 0 bridgehead atoms. The van der Waals surface area contributed by atoms with E-state index in [1.54, 1.807) is 12.1 Å². The van der Waals surface area contributed by atoms with Crippen molar-refractivity contribution < 1.29 is 8.91 Å². The number of nitrogens with zero attached hydrogens (tertiary/aromatic N) is 2. The maximum atomic E-state index is 12.7. The summed E-state index contributed by atoms with van der Waals surface area (Å²) in [6.45, 7) is 3.95. The number of hydrogen-bond donors (Lipinski definition) is 1. The van der Waals surface area contributed by atoms with Gasteiger partial charge in [-0.25, -0.2) is 4.39 Å². The van der Waals surface area contributed by atoms with E-state index in [0.29, 0.717) is 11.8 Å². The molecule has 0 spiro atoms. The summed E-state index contributed by atoms with van der Waals surface area (Å²) in [6, 6.07) is 6.54. The smallest absolute Gasteiger partial charge is 0.321 e. The minimum Gasteiger partial charge on any atom is -0.336 e. The molecule has 0 aliphatic rings. The van der Waals surface area contributed by atoms with Gasteiger partial charge in [0.25, 0.3) is 0 Å². The molecule has 5 heteroatoms. The SMILES string of the molecule is CC(C)Nc1nc(-c2ccc(F)cc2)no1. The fourth-order valence-electron chi connectivity index (χ4n) is 1.25. The van der Waals surface area contributed by atoms with Crippen LogP contribution in [0.1, 0.15) is 13.8 Å². The van der Waals surface area contributed by atoms with Crippen molar-refractivity contribution in [2.24, 2.45) is 0 Å². The Morgan fingerprint density at radius 2 is 1.94 bits per heavy atom. The quantitative estimate of drug-likeness (QED) is 0.865. The summed E-state index contributed by atoms with van der Waals surface area (Å²) in [5.41, 5.74) is 0.724. The molecule has 84 valence electrons. The van der Waals surface area contributed by atoms with Gasteiger partial charge in [-0.05, 0) is 38.1 Å². The van der Waals surface area contributed by atoms with E-state index in [-0.39, 0.29) is 11.9 Å². The molecule has 0 unspecified atom stereocenters. The maximum Gasteiger partial charge on any atom is 0.321 e. The van der Waals surface area contributed by atoms with Crippen LogP contribution in [0.15, 0.2) is 28.8 Å². The van der Waals surface area contributed by atoms with Gasteiger partial charge in [-0.1, -0.05) is 5.16 Å². The van der Waals surface area contributed by atoms with E-state index in [1.165, 1.54) is 12.1 Å². The first-order valence-electron chi connectivity index (χ1n) is 5.01. The highest BCUT2D eigenvalue weighted by Gasteiger charge is 2.08. The lowest BCUT2D eigenvalue weighted by molar-refractivity contribution is 0.429. The molecule has 1 aromatic heterocycles. The molecule has 0 saturated heterocycles. The second kappa shape index (κ2) is 4.30. The predicted octanol–water partition coefficient (Wildman–Crippen LogP) is 2.70. The number of halogens is 1. The van der Waals surface area contributed by atoms with Crippen molar-refractivity contribution in [1.29, 1.82) is 0 Å². The highest BCUT2D eigenvalue weighted by molar-refractivity contribution is 5.55. The molecule has 0 saturated carbocycles. The van der Waals surface area contributed by atoms with Gasteiger partial charge in [0.1, 0.15) is 5.82 Å². The van der Waals surface area contributed by atoms with Crippen molar-refractivity contribution in [3.63, 3.8) is 0 Å². The molecule has 1 aromatic carbocycles. The van der Waals surface area contributed by atoms with E-state index in [0.717, 1.165) is 5.56 Å². The second-order valence-electron chi connectivity index (χ2n) is 3.73.